The molecule has 1 aliphatic carbocycles. The zero-order valence-corrected chi connectivity index (χ0v) is 34.6. The molecule has 3 fully saturated rings. The molecule has 2 saturated heterocycles. The van der Waals surface area contributed by atoms with Gasteiger partial charge in [-0.2, -0.15) is 0 Å². The summed E-state index contributed by atoms with van der Waals surface area (Å²) in [5.41, 5.74) is 1.37. The summed E-state index contributed by atoms with van der Waals surface area (Å²) in [5.74, 6) is -0.696. The van der Waals surface area contributed by atoms with Crippen molar-refractivity contribution in [2.45, 2.75) is 56.7 Å². The Kier molecular flexibility index (Phi) is 15.7. The number of imide groups is 2. The standard InChI is InChI=1S/C42H54N6O11S/c49-36-13-12-34(39(51)45-36)48-40(52)31-4-3-7-35(38(31)41(48)53)59-27-25-57-23-21-55-19-18-54-20-22-56-24-26-58-30-10-8-29(9-11-30)46-14-16-47(17-15-46)37(50)28-60-42-43-32-5-1-2-6-33(32)44-42/h3-4,7-11,32-34H,1-2,5-6,12-28H2,(H,43,44)(H,45,49,51)/t32-,33-,34-/m1/s1. The van der Waals surface area contributed by atoms with E-state index in [-0.39, 0.29) is 48.8 Å². The first-order valence-corrected chi connectivity index (χ1v) is 21.9. The minimum absolute atomic E-state index is 0.0498. The van der Waals surface area contributed by atoms with E-state index >= 15 is 0 Å². The number of nitrogens with one attached hydrogen (secondary N) is 2. The van der Waals surface area contributed by atoms with Crippen LogP contribution < -0.4 is 25.0 Å². The molecule has 2 aromatic carbocycles. The molecule has 0 bridgehead atoms. The van der Waals surface area contributed by atoms with E-state index in [4.69, 9.17) is 33.4 Å². The Balaban J connectivity index is 0.659. The molecule has 60 heavy (non-hydrogen) atoms. The number of fused-ring (bicyclic) bond motifs is 2. The van der Waals surface area contributed by atoms with Gasteiger partial charge in [0.15, 0.2) is 5.17 Å². The molecule has 18 heteroatoms. The first-order valence-electron chi connectivity index (χ1n) is 20.9. The van der Waals surface area contributed by atoms with Gasteiger partial charge in [0.1, 0.15) is 30.8 Å². The van der Waals surface area contributed by atoms with Crippen molar-refractivity contribution in [1.82, 2.24) is 20.4 Å². The molecule has 324 valence electrons. The molecule has 3 atom stereocenters. The Bertz CT molecular complexity index is 1860. The highest BCUT2D eigenvalue weighted by Crippen LogP contribution is 2.34. The Morgan fingerprint density at radius 3 is 2.05 bits per heavy atom. The molecule has 7 rings (SSSR count). The van der Waals surface area contributed by atoms with E-state index in [0.29, 0.717) is 83.8 Å². The van der Waals surface area contributed by atoms with E-state index in [1.54, 1.807) is 23.9 Å². The van der Waals surface area contributed by atoms with E-state index in [1.165, 1.54) is 25.3 Å². The number of ether oxygens (including phenoxy) is 6. The highest BCUT2D eigenvalue weighted by atomic mass is 32.2. The minimum Gasteiger partial charge on any atom is -0.491 e. The van der Waals surface area contributed by atoms with Crippen molar-refractivity contribution in [3.63, 3.8) is 0 Å². The number of amides is 5. The average molecular weight is 851 g/mol. The Labute approximate surface area is 353 Å². The van der Waals surface area contributed by atoms with Gasteiger partial charge in [-0.15, -0.1) is 0 Å². The molecule has 0 unspecified atom stereocenters. The van der Waals surface area contributed by atoms with Crippen LogP contribution in [0.25, 0.3) is 0 Å². The van der Waals surface area contributed by atoms with Gasteiger partial charge in [0.2, 0.25) is 17.7 Å². The SMILES string of the molecule is O=C1CC[C@@H](N2C(=O)c3cccc(OCCOCCOCCOCCOCCOc4ccc(N5CCN(C(=O)CSC6=N[C@@H]7CCCC[C@H]7N6)CC5)cc4)c3C2=O)C(=O)N1. The molecule has 0 aromatic heterocycles. The third kappa shape index (κ3) is 11.3. The van der Waals surface area contributed by atoms with E-state index in [1.807, 2.05) is 17.0 Å². The number of hydrogen-bond donors (Lipinski definition) is 2. The van der Waals surface area contributed by atoms with Gasteiger partial charge < -0.3 is 43.5 Å². The van der Waals surface area contributed by atoms with Crippen LogP contribution in [0.3, 0.4) is 0 Å². The zero-order chi connectivity index (χ0) is 41.7. The number of hydrogen-bond acceptors (Lipinski definition) is 15. The van der Waals surface area contributed by atoms with Crippen LogP contribution in [0.4, 0.5) is 5.69 Å². The molecule has 4 heterocycles. The minimum atomic E-state index is -1.04. The van der Waals surface area contributed by atoms with E-state index in [2.05, 4.69) is 27.7 Å². The smallest absolute Gasteiger partial charge is 0.266 e. The van der Waals surface area contributed by atoms with E-state index < -0.39 is 29.7 Å². The van der Waals surface area contributed by atoms with Gasteiger partial charge in [-0.05, 0) is 55.7 Å². The Morgan fingerprint density at radius 2 is 1.38 bits per heavy atom. The van der Waals surface area contributed by atoms with Crippen molar-refractivity contribution in [2.24, 2.45) is 4.99 Å². The number of aliphatic imine (C=N–C) groups is 1. The number of amidine groups is 1. The molecule has 5 amide bonds. The number of carbonyl (C=O) groups excluding carboxylic acids is 5. The highest BCUT2D eigenvalue weighted by molar-refractivity contribution is 8.14. The number of benzene rings is 2. The first-order chi connectivity index (χ1) is 29.4. The molecule has 1 saturated carbocycles. The van der Waals surface area contributed by atoms with Crippen molar-refractivity contribution >= 4 is 52.2 Å². The second-order valence-corrected chi connectivity index (χ2v) is 15.9. The van der Waals surface area contributed by atoms with Gasteiger partial charge in [-0.3, -0.25) is 39.2 Å². The molecule has 2 N–H and O–H groups in total. The second kappa shape index (κ2) is 21.7. The predicted octanol–water partition coefficient (Wildman–Crippen LogP) is 2.26. The lowest BCUT2D eigenvalue weighted by molar-refractivity contribution is -0.136. The van der Waals surface area contributed by atoms with Gasteiger partial charge >= 0.3 is 0 Å². The third-order valence-electron chi connectivity index (χ3n) is 11.0. The number of carbonyl (C=O) groups is 5. The van der Waals surface area contributed by atoms with E-state index in [9.17, 15) is 24.0 Å². The topological polar surface area (TPSA) is 187 Å². The zero-order valence-electron chi connectivity index (χ0n) is 33.8. The highest BCUT2D eigenvalue weighted by Gasteiger charge is 2.46. The van der Waals surface area contributed by atoms with Crippen LogP contribution >= 0.6 is 11.8 Å². The summed E-state index contributed by atoms with van der Waals surface area (Å²) in [4.78, 5) is 72.8. The van der Waals surface area contributed by atoms with Crippen molar-refractivity contribution in [1.29, 1.82) is 0 Å². The summed E-state index contributed by atoms with van der Waals surface area (Å²) in [6.07, 6.45) is 4.96. The maximum atomic E-state index is 13.2. The van der Waals surface area contributed by atoms with E-state index in [0.717, 1.165) is 41.0 Å². The lowest BCUT2D eigenvalue weighted by Gasteiger charge is -2.36. The number of piperidine rings is 1. The molecule has 0 spiro atoms. The normalized spacial score (nSPS) is 21.4. The second-order valence-electron chi connectivity index (χ2n) is 15.0. The summed E-state index contributed by atoms with van der Waals surface area (Å²) >= 11 is 1.55. The van der Waals surface area contributed by atoms with Crippen LogP contribution in [0, 0.1) is 0 Å². The molecule has 0 radical (unpaired) electrons. The fraction of sp³-hybridized carbons (Fsp3) is 0.571. The average Bonchev–Trinajstić information content (AvgIpc) is 3.80. The fourth-order valence-corrected chi connectivity index (χ4v) is 8.73. The lowest BCUT2D eigenvalue weighted by atomic mass is 9.92. The lowest BCUT2D eigenvalue weighted by Crippen LogP contribution is -2.54. The molecule has 2 aromatic rings. The summed E-state index contributed by atoms with van der Waals surface area (Å²) in [6.45, 7) is 6.58. The largest absolute Gasteiger partial charge is 0.491 e. The Morgan fingerprint density at radius 1 is 0.733 bits per heavy atom. The summed E-state index contributed by atoms with van der Waals surface area (Å²) < 4.78 is 33.9. The van der Waals surface area contributed by atoms with Crippen LogP contribution in [0.5, 0.6) is 11.5 Å². The molecular formula is C42H54N6O11S. The van der Waals surface area contributed by atoms with Crippen LogP contribution in [0.15, 0.2) is 47.5 Å². The third-order valence-corrected chi connectivity index (χ3v) is 11.9. The number of nitrogens with zero attached hydrogens (tertiary/aromatic N) is 4. The van der Waals surface area contributed by atoms with Crippen LogP contribution in [-0.2, 0) is 33.3 Å². The van der Waals surface area contributed by atoms with Crippen LogP contribution in [0.1, 0.15) is 59.2 Å². The summed E-state index contributed by atoms with van der Waals surface area (Å²) in [5, 5.41) is 6.64. The fourth-order valence-electron chi connectivity index (χ4n) is 7.84. The number of rotatable bonds is 21. The van der Waals surface area contributed by atoms with Gasteiger partial charge in [-0.25, -0.2) is 0 Å². The van der Waals surface area contributed by atoms with Crippen molar-refractivity contribution in [2.75, 3.05) is 103 Å². The van der Waals surface area contributed by atoms with Crippen LogP contribution in [0.2, 0.25) is 0 Å². The summed E-state index contributed by atoms with van der Waals surface area (Å²) in [6, 6.07) is 12.5. The molecule has 4 aliphatic heterocycles. The van der Waals surface area contributed by atoms with Gasteiger partial charge in [-0.1, -0.05) is 30.7 Å². The maximum Gasteiger partial charge on any atom is 0.266 e. The Hall–Kier alpha value is -4.75. The predicted molar refractivity (Wildman–Crippen MR) is 222 cm³/mol. The molecular weight excluding hydrogens is 797 g/mol. The maximum absolute atomic E-state index is 13.2. The van der Waals surface area contributed by atoms with Crippen molar-refractivity contribution < 1.29 is 52.4 Å². The molecule has 5 aliphatic rings. The van der Waals surface area contributed by atoms with Crippen molar-refractivity contribution in [3.8, 4) is 11.5 Å². The van der Waals surface area contributed by atoms with Gasteiger partial charge in [0.05, 0.1) is 81.8 Å². The molecule has 17 nitrogen and oxygen atoms in total. The van der Waals surface area contributed by atoms with Crippen molar-refractivity contribution in [3.05, 3.63) is 53.6 Å². The number of piperazine rings is 1. The van der Waals surface area contributed by atoms with Gasteiger partial charge in [0, 0.05) is 38.3 Å². The van der Waals surface area contributed by atoms with Crippen LogP contribution in [-0.4, -0.2) is 161 Å². The quantitative estimate of drug-likeness (QED) is 0.138. The number of anilines is 1. The first kappa shape index (κ1) is 43.3. The summed E-state index contributed by atoms with van der Waals surface area (Å²) in [7, 11) is 0. The monoisotopic (exact) mass is 850 g/mol. The van der Waals surface area contributed by atoms with Gasteiger partial charge in [0.25, 0.3) is 11.8 Å². The number of thioether (sulfide) groups is 1.